The summed E-state index contributed by atoms with van der Waals surface area (Å²) >= 11 is 0. The predicted octanol–water partition coefficient (Wildman–Crippen LogP) is 2.88. The first kappa shape index (κ1) is 23.5. The van der Waals surface area contributed by atoms with Gasteiger partial charge in [-0.3, -0.25) is 9.10 Å². The predicted molar refractivity (Wildman–Crippen MR) is 122 cm³/mol. The van der Waals surface area contributed by atoms with Gasteiger partial charge in [-0.2, -0.15) is 0 Å². The zero-order valence-electron chi connectivity index (χ0n) is 18.0. The van der Waals surface area contributed by atoms with Crippen LogP contribution in [0.25, 0.3) is 0 Å². The van der Waals surface area contributed by atoms with Gasteiger partial charge in [-0.25, -0.2) is 8.42 Å². The maximum atomic E-state index is 12.8. The van der Waals surface area contributed by atoms with Crippen LogP contribution in [-0.4, -0.2) is 53.9 Å². The molecule has 2 aromatic rings. The van der Waals surface area contributed by atoms with Crippen molar-refractivity contribution < 1.29 is 17.9 Å². The van der Waals surface area contributed by atoms with E-state index in [1.54, 1.807) is 31.2 Å². The van der Waals surface area contributed by atoms with Gasteiger partial charge in [-0.1, -0.05) is 31.2 Å². The van der Waals surface area contributed by atoms with Gasteiger partial charge in [0, 0.05) is 31.9 Å². The standard InChI is InChI=1S/C22H31N3O4S/c1-5-21(25(30(4,27)28)19-13-9-14-20(17-19)29-3)22(26)23-15-10-16-24(2)18-11-7-6-8-12-18/h6-9,11-14,17,21H,5,10,15-16H2,1-4H3,(H,23,26)/t21-/m0/s1. The Morgan fingerprint density at radius 2 is 1.77 bits per heavy atom. The van der Waals surface area contributed by atoms with E-state index in [4.69, 9.17) is 4.74 Å². The zero-order valence-corrected chi connectivity index (χ0v) is 18.9. The molecule has 30 heavy (non-hydrogen) atoms. The van der Waals surface area contributed by atoms with Crippen LogP contribution in [0.4, 0.5) is 11.4 Å². The number of nitrogens with zero attached hydrogens (tertiary/aromatic N) is 2. The molecule has 0 spiro atoms. The van der Waals surface area contributed by atoms with E-state index in [0.29, 0.717) is 24.4 Å². The van der Waals surface area contributed by atoms with Gasteiger partial charge in [0.2, 0.25) is 15.9 Å². The Kier molecular flexibility index (Phi) is 8.53. The fourth-order valence-electron chi connectivity index (χ4n) is 3.27. The highest BCUT2D eigenvalue weighted by Gasteiger charge is 2.31. The van der Waals surface area contributed by atoms with Crippen molar-refractivity contribution in [3.63, 3.8) is 0 Å². The number of ether oxygens (including phenoxy) is 1. The second-order valence-corrected chi connectivity index (χ2v) is 8.95. The molecule has 1 atom stereocenters. The van der Waals surface area contributed by atoms with Crippen molar-refractivity contribution >= 4 is 27.3 Å². The van der Waals surface area contributed by atoms with Gasteiger partial charge in [-0.05, 0) is 37.1 Å². The van der Waals surface area contributed by atoms with Gasteiger partial charge in [0.1, 0.15) is 11.8 Å². The monoisotopic (exact) mass is 433 g/mol. The third kappa shape index (κ3) is 6.38. The molecular weight excluding hydrogens is 402 g/mol. The molecule has 0 bridgehead atoms. The SMILES string of the molecule is CC[C@@H](C(=O)NCCCN(C)c1ccccc1)N(c1cccc(OC)c1)S(C)(=O)=O. The van der Waals surface area contributed by atoms with E-state index in [1.807, 2.05) is 37.4 Å². The Hall–Kier alpha value is -2.74. The van der Waals surface area contributed by atoms with Crippen LogP contribution in [0.5, 0.6) is 5.75 Å². The van der Waals surface area contributed by atoms with Crippen LogP contribution in [0.15, 0.2) is 54.6 Å². The lowest BCUT2D eigenvalue weighted by molar-refractivity contribution is -0.122. The highest BCUT2D eigenvalue weighted by Crippen LogP contribution is 2.26. The maximum absolute atomic E-state index is 12.8. The van der Waals surface area contributed by atoms with Crippen LogP contribution >= 0.6 is 0 Å². The Bertz CT molecular complexity index is 919. The van der Waals surface area contributed by atoms with Crippen LogP contribution in [0, 0.1) is 0 Å². The number of sulfonamides is 1. The summed E-state index contributed by atoms with van der Waals surface area (Å²) in [4.78, 5) is 15.0. The smallest absolute Gasteiger partial charge is 0.243 e. The lowest BCUT2D eigenvalue weighted by Crippen LogP contribution is -2.49. The molecule has 2 aromatic carbocycles. The minimum atomic E-state index is -3.67. The number of methoxy groups -OCH3 is 1. The fourth-order valence-corrected chi connectivity index (χ4v) is 4.47. The molecule has 0 heterocycles. The van der Waals surface area contributed by atoms with E-state index in [1.165, 1.54) is 11.4 Å². The average Bonchev–Trinajstić information content (AvgIpc) is 2.74. The summed E-state index contributed by atoms with van der Waals surface area (Å²) in [5.74, 6) is 0.216. The Morgan fingerprint density at radius 3 is 2.37 bits per heavy atom. The number of amides is 1. The molecule has 164 valence electrons. The number of rotatable bonds is 11. The van der Waals surface area contributed by atoms with E-state index >= 15 is 0 Å². The Morgan fingerprint density at radius 1 is 1.10 bits per heavy atom. The van der Waals surface area contributed by atoms with Crippen molar-refractivity contribution in [1.82, 2.24) is 5.32 Å². The molecule has 0 radical (unpaired) electrons. The van der Waals surface area contributed by atoms with Crippen LogP contribution in [0.1, 0.15) is 19.8 Å². The molecule has 0 unspecified atom stereocenters. The van der Waals surface area contributed by atoms with Crippen LogP contribution < -0.4 is 19.3 Å². The van der Waals surface area contributed by atoms with Gasteiger partial charge < -0.3 is 15.0 Å². The lowest BCUT2D eigenvalue weighted by Gasteiger charge is -2.30. The topological polar surface area (TPSA) is 79.0 Å². The summed E-state index contributed by atoms with van der Waals surface area (Å²) in [5, 5.41) is 2.89. The second-order valence-electron chi connectivity index (χ2n) is 7.09. The van der Waals surface area contributed by atoms with E-state index in [2.05, 4.69) is 10.2 Å². The molecule has 2 rings (SSSR count). The van der Waals surface area contributed by atoms with Gasteiger partial charge >= 0.3 is 0 Å². The van der Waals surface area contributed by atoms with Crippen molar-refractivity contribution in [2.75, 3.05) is 42.7 Å². The van der Waals surface area contributed by atoms with Crippen LogP contribution in [-0.2, 0) is 14.8 Å². The summed E-state index contributed by atoms with van der Waals surface area (Å²) in [6, 6.07) is 15.9. The molecule has 0 fully saturated rings. The summed E-state index contributed by atoms with van der Waals surface area (Å²) in [6.07, 6.45) is 2.20. The molecular formula is C22H31N3O4S. The quantitative estimate of drug-likeness (QED) is 0.551. The van der Waals surface area contributed by atoms with Crippen molar-refractivity contribution in [2.24, 2.45) is 0 Å². The lowest BCUT2D eigenvalue weighted by atomic mass is 10.2. The molecule has 0 aromatic heterocycles. The molecule has 7 nitrogen and oxygen atoms in total. The third-order valence-electron chi connectivity index (χ3n) is 4.80. The second kappa shape index (κ2) is 10.9. The molecule has 8 heteroatoms. The summed E-state index contributed by atoms with van der Waals surface area (Å²) in [7, 11) is -0.156. The summed E-state index contributed by atoms with van der Waals surface area (Å²) in [6.45, 7) is 3.03. The molecule has 1 amide bonds. The van der Waals surface area contributed by atoms with E-state index in [9.17, 15) is 13.2 Å². The van der Waals surface area contributed by atoms with Crippen molar-refractivity contribution in [1.29, 1.82) is 0 Å². The van der Waals surface area contributed by atoms with Gasteiger partial charge in [0.25, 0.3) is 0 Å². The molecule has 0 aliphatic carbocycles. The number of anilines is 2. The van der Waals surface area contributed by atoms with Crippen LogP contribution in [0.2, 0.25) is 0 Å². The Balaban J connectivity index is 2.03. The minimum absolute atomic E-state index is 0.312. The molecule has 0 aliphatic rings. The van der Waals surface area contributed by atoms with Crippen LogP contribution in [0.3, 0.4) is 0 Å². The van der Waals surface area contributed by atoms with E-state index in [0.717, 1.165) is 24.9 Å². The fraction of sp³-hybridized carbons (Fsp3) is 0.409. The maximum Gasteiger partial charge on any atom is 0.243 e. The molecule has 0 aliphatic heterocycles. The highest BCUT2D eigenvalue weighted by atomic mass is 32.2. The number of para-hydroxylation sites is 1. The number of hydrogen-bond acceptors (Lipinski definition) is 5. The number of benzene rings is 2. The van der Waals surface area contributed by atoms with Crippen molar-refractivity contribution in [3.8, 4) is 5.75 Å². The van der Waals surface area contributed by atoms with Gasteiger partial charge in [0.05, 0.1) is 19.1 Å². The number of carbonyl (C=O) groups excluding carboxylic acids is 1. The first-order valence-corrected chi connectivity index (χ1v) is 11.8. The summed E-state index contributed by atoms with van der Waals surface area (Å²) in [5.41, 5.74) is 1.51. The highest BCUT2D eigenvalue weighted by molar-refractivity contribution is 7.92. The number of hydrogen-bond donors (Lipinski definition) is 1. The molecule has 0 saturated carbocycles. The number of nitrogens with one attached hydrogen (secondary N) is 1. The normalized spacial score (nSPS) is 12.1. The first-order chi connectivity index (χ1) is 14.3. The Labute approximate surface area is 179 Å². The molecule has 1 N–H and O–H groups in total. The van der Waals surface area contributed by atoms with Gasteiger partial charge in [0.15, 0.2) is 0 Å². The zero-order chi connectivity index (χ0) is 22.1. The molecule has 0 saturated heterocycles. The summed E-state index contributed by atoms with van der Waals surface area (Å²) < 4.78 is 31.4. The minimum Gasteiger partial charge on any atom is -0.497 e. The average molecular weight is 434 g/mol. The first-order valence-electron chi connectivity index (χ1n) is 9.95. The van der Waals surface area contributed by atoms with Crippen molar-refractivity contribution in [2.45, 2.75) is 25.8 Å². The van der Waals surface area contributed by atoms with Crippen molar-refractivity contribution in [3.05, 3.63) is 54.6 Å². The largest absolute Gasteiger partial charge is 0.497 e. The number of carbonyl (C=O) groups is 1. The van der Waals surface area contributed by atoms with Gasteiger partial charge in [-0.15, -0.1) is 0 Å². The third-order valence-corrected chi connectivity index (χ3v) is 5.98. The van der Waals surface area contributed by atoms with E-state index in [-0.39, 0.29) is 5.91 Å². The van der Waals surface area contributed by atoms with E-state index < -0.39 is 16.1 Å².